The lowest BCUT2D eigenvalue weighted by atomic mass is 9.98. The predicted octanol–water partition coefficient (Wildman–Crippen LogP) is 2.26. The van der Waals surface area contributed by atoms with Crippen LogP contribution in [0, 0.1) is 5.92 Å². The second-order valence-electron chi connectivity index (χ2n) is 5.21. The number of hydrogen-bond acceptors (Lipinski definition) is 2. The number of benzene rings is 1. The molecule has 0 heterocycles. The summed E-state index contributed by atoms with van der Waals surface area (Å²) in [6, 6.07) is 3.70. The van der Waals surface area contributed by atoms with Crippen LogP contribution in [0.3, 0.4) is 0 Å². The normalized spacial score (nSPS) is 14.2. The minimum Gasteiger partial charge on any atom is -0.368 e. The largest absolute Gasteiger partial charge is 0.416 e. The molecule has 0 aliphatic heterocycles. The predicted molar refractivity (Wildman–Crippen MR) is 75.7 cm³/mol. The Morgan fingerprint density at radius 1 is 1.32 bits per heavy atom. The maximum atomic E-state index is 12.6. The molecule has 0 unspecified atom stereocenters. The first kappa shape index (κ1) is 18.0. The van der Waals surface area contributed by atoms with Gasteiger partial charge in [-0.25, -0.2) is 0 Å². The van der Waals surface area contributed by atoms with E-state index in [1.165, 1.54) is 12.1 Å². The molecule has 0 saturated carbocycles. The van der Waals surface area contributed by atoms with Gasteiger partial charge in [0.2, 0.25) is 11.8 Å². The molecule has 0 bridgehead atoms. The number of nitrogens with one attached hydrogen (secondary N) is 1. The Morgan fingerprint density at radius 3 is 2.45 bits per heavy atom. The van der Waals surface area contributed by atoms with E-state index in [9.17, 15) is 22.8 Å². The van der Waals surface area contributed by atoms with Crippen molar-refractivity contribution in [3.8, 4) is 0 Å². The molecular weight excluding hydrogens is 297 g/mol. The van der Waals surface area contributed by atoms with Crippen LogP contribution in [0.2, 0.25) is 0 Å². The highest BCUT2D eigenvalue weighted by molar-refractivity contribution is 5.87. The fourth-order valence-corrected chi connectivity index (χ4v) is 2.00. The molecule has 1 aromatic carbocycles. The molecule has 122 valence electrons. The second-order valence-corrected chi connectivity index (χ2v) is 5.21. The van der Waals surface area contributed by atoms with Crippen molar-refractivity contribution in [2.24, 2.45) is 11.7 Å². The molecule has 0 aromatic heterocycles. The van der Waals surface area contributed by atoms with Gasteiger partial charge in [-0.2, -0.15) is 13.2 Å². The molecule has 0 radical (unpaired) electrons. The van der Waals surface area contributed by atoms with Crippen LogP contribution in [0.5, 0.6) is 0 Å². The van der Waals surface area contributed by atoms with Crippen LogP contribution in [0.1, 0.15) is 31.4 Å². The number of halogens is 3. The van der Waals surface area contributed by atoms with E-state index >= 15 is 0 Å². The van der Waals surface area contributed by atoms with Gasteiger partial charge >= 0.3 is 6.18 Å². The number of primary amides is 1. The van der Waals surface area contributed by atoms with Gasteiger partial charge in [-0.3, -0.25) is 9.59 Å². The number of amides is 2. The van der Waals surface area contributed by atoms with Gasteiger partial charge in [0.05, 0.1) is 12.0 Å². The molecule has 2 atom stereocenters. The number of rotatable bonds is 6. The first-order valence-electron chi connectivity index (χ1n) is 6.90. The summed E-state index contributed by atoms with van der Waals surface area (Å²) in [6.45, 7) is 3.61. The molecule has 0 aliphatic rings. The van der Waals surface area contributed by atoms with Crippen LogP contribution in [-0.2, 0) is 22.2 Å². The number of alkyl halides is 3. The van der Waals surface area contributed by atoms with Gasteiger partial charge in [0.15, 0.2) is 0 Å². The lowest BCUT2D eigenvalue weighted by Crippen LogP contribution is -2.48. The van der Waals surface area contributed by atoms with Crippen molar-refractivity contribution in [3.05, 3.63) is 35.4 Å². The molecule has 1 rings (SSSR count). The summed E-state index contributed by atoms with van der Waals surface area (Å²) in [5.74, 6) is -1.35. The third-order valence-corrected chi connectivity index (χ3v) is 3.45. The van der Waals surface area contributed by atoms with Gasteiger partial charge < -0.3 is 11.1 Å². The molecule has 7 heteroatoms. The summed E-state index contributed by atoms with van der Waals surface area (Å²) in [5.41, 5.74) is 4.64. The molecule has 2 amide bonds. The minimum absolute atomic E-state index is 0.150. The van der Waals surface area contributed by atoms with Gasteiger partial charge in [-0.15, -0.1) is 0 Å². The lowest BCUT2D eigenvalue weighted by molar-refractivity contribution is -0.137. The Hall–Kier alpha value is -2.05. The van der Waals surface area contributed by atoms with Gasteiger partial charge in [-0.05, 0) is 17.5 Å². The van der Waals surface area contributed by atoms with Crippen LogP contribution in [-0.4, -0.2) is 17.9 Å². The zero-order valence-corrected chi connectivity index (χ0v) is 12.4. The topological polar surface area (TPSA) is 72.2 Å². The van der Waals surface area contributed by atoms with E-state index in [1.54, 1.807) is 6.92 Å². The first-order valence-corrected chi connectivity index (χ1v) is 6.90. The van der Waals surface area contributed by atoms with Crippen LogP contribution >= 0.6 is 0 Å². The smallest absolute Gasteiger partial charge is 0.368 e. The van der Waals surface area contributed by atoms with E-state index < -0.39 is 29.6 Å². The number of carbonyl (C=O) groups is 2. The van der Waals surface area contributed by atoms with Crippen molar-refractivity contribution in [1.29, 1.82) is 0 Å². The molecule has 0 spiro atoms. The molecule has 0 aliphatic carbocycles. The summed E-state index contributed by atoms with van der Waals surface area (Å²) in [5, 5.41) is 2.48. The molecule has 22 heavy (non-hydrogen) atoms. The third kappa shape index (κ3) is 5.05. The maximum Gasteiger partial charge on any atom is 0.416 e. The van der Waals surface area contributed by atoms with Crippen molar-refractivity contribution < 1.29 is 22.8 Å². The van der Waals surface area contributed by atoms with Crippen molar-refractivity contribution in [3.63, 3.8) is 0 Å². The SMILES string of the molecule is CC[C@H](C)[C@@H](NC(=O)Cc1cccc(C(F)(F)F)c1)C(N)=O. The highest BCUT2D eigenvalue weighted by atomic mass is 19.4. The Bertz CT molecular complexity index is 544. The molecule has 0 fully saturated rings. The minimum atomic E-state index is -4.46. The number of hydrogen-bond donors (Lipinski definition) is 2. The summed E-state index contributed by atoms with van der Waals surface area (Å²) >= 11 is 0. The van der Waals surface area contributed by atoms with Gasteiger partial charge in [0.25, 0.3) is 0 Å². The van der Waals surface area contributed by atoms with E-state index in [0.717, 1.165) is 12.1 Å². The zero-order chi connectivity index (χ0) is 16.9. The highest BCUT2D eigenvalue weighted by Gasteiger charge is 2.30. The van der Waals surface area contributed by atoms with Crippen LogP contribution < -0.4 is 11.1 Å². The van der Waals surface area contributed by atoms with E-state index in [-0.39, 0.29) is 17.9 Å². The Morgan fingerprint density at radius 2 is 1.95 bits per heavy atom. The first-order chi connectivity index (χ1) is 10.1. The molecule has 4 nitrogen and oxygen atoms in total. The van der Waals surface area contributed by atoms with Crippen molar-refractivity contribution in [2.45, 2.75) is 38.9 Å². The highest BCUT2D eigenvalue weighted by Crippen LogP contribution is 2.29. The summed E-state index contributed by atoms with van der Waals surface area (Å²) in [4.78, 5) is 23.2. The molecule has 3 N–H and O–H groups in total. The maximum absolute atomic E-state index is 12.6. The number of carbonyl (C=O) groups excluding carboxylic acids is 2. The molecule has 0 saturated heterocycles. The number of nitrogens with two attached hydrogens (primary N) is 1. The van der Waals surface area contributed by atoms with E-state index in [0.29, 0.717) is 6.42 Å². The van der Waals surface area contributed by atoms with Crippen LogP contribution in [0.4, 0.5) is 13.2 Å². The zero-order valence-electron chi connectivity index (χ0n) is 12.4. The van der Waals surface area contributed by atoms with E-state index in [1.807, 2.05) is 6.92 Å². The van der Waals surface area contributed by atoms with Crippen LogP contribution in [0.15, 0.2) is 24.3 Å². The van der Waals surface area contributed by atoms with E-state index in [4.69, 9.17) is 5.73 Å². The lowest BCUT2D eigenvalue weighted by Gasteiger charge is -2.21. The van der Waals surface area contributed by atoms with E-state index in [2.05, 4.69) is 5.32 Å². The average molecular weight is 316 g/mol. The Balaban J connectivity index is 2.78. The molecule has 1 aromatic rings. The van der Waals surface area contributed by atoms with Gasteiger partial charge in [0, 0.05) is 0 Å². The summed E-state index contributed by atoms with van der Waals surface area (Å²) in [7, 11) is 0. The fraction of sp³-hybridized carbons (Fsp3) is 0.467. The monoisotopic (exact) mass is 316 g/mol. The van der Waals surface area contributed by atoms with Gasteiger partial charge in [0.1, 0.15) is 6.04 Å². The average Bonchev–Trinajstić information content (AvgIpc) is 2.43. The van der Waals surface area contributed by atoms with Crippen molar-refractivity contribution >= 4 is 11.8 Å². The van der Waals surface area contributed by atoms with Crippen molar-refractivity contribution in [2.75, 3.05) is 0 Å². The third-order valence-electron chi connectivity index (χ3n) is 3.45. The molecular formula is C15H19F3N2O2. The summed E-state index contributed by atoms with van der Waals surface area (Å²) in [6.07, 6.45) is -4.07. The summed E-state index contributed by atoms with van der Waals surface area (Å²) < 4.78 is 37.8. The Kier molecular flexibility index (Phi) is 5.96. The Labute approximate surface area is 126 Å². The second kappa shape index (κ2) is 7.29. The van der Waals surface area contributed by atoms with Crippen molar-refractivity contribution in [1.82, 2.24) is 5.32 Å². The standard InChI is InChI=1S/C15H19F3N2O2/c1-3-9(2)13(14(19)22)20-12(21)8-10-5-4-6-11(7-10)15(16,17)18/h4-7,9,13H,3,8H2,1-2H3,(H2,19,22)(H,20,21)/t9-,13+/m0/s1. The fourth-order valence-electron chi connectivity index (χ4n) is 2.00. The quantitative estimate of drug-likeness (QED) is 0.845. The van der Waals surface area contributed by atoms with Crippen LogP contribution in [0.25, 0.3) is 0 Å². The van der Waals surface area contributed by atoms with Gasteiger partial charge in [-0.1, -0.05) is 38.5 Å².